The van der Waals surface area contributed by atoms with Gasteiger partial charge in [0.25, 0.3) is 0 Å². The van der Waals surface area contributed by atoms with Gasteiger partial charge >= 0.3 is 5.97 Å². The Labute approximate surface area is 170 Å². The van der Waals surface area contributed by atoms with Crippen LogP contribution < -0.4 is 9.47 Å². The van der Waals surface area contributed by atoms with E-state index in [-0.39, 0.29) is 5.97 Å². The first-order valence-corrected chi connectivity index (χ1v) is 10.8. The fourth-order valence-corrected chi connectivity index (χ4v) is 3.05. The van der Waals surface area contributed by atoms with Crippen molar-refractivity contribution in [2.24, 2.45) is 0 Å². The van der Waals surface area contributed by atoms with Crippen LogP contribution in [0.2, 0.25) is 0 Å². The molecule has 0 aromatic heterocycles. The van der Waals surface area contributed by atoms with Gasteiger partial charge in [-0.25, -0.2) is 4.79 Å². The molecule has 28 heavy (non-hydrogen) atoms. The van der Waals surface area contributed by atoms with Crippen LogP contribution in [0.4, 0.5) is 0 Å². The first kappa shape index (κ1) is 22.0. The first-order valence-electron chi connectivity index (χ1n) is 10.8. The highest BCUT2D eigenvalue weighted by molar-refractivity contribution is 5.91. The molecule has 0 N–H and O–H groups in total. The summed E-state index contributed by atoms with van der Waals surface area (Å²) in [6, 6.07) is 15.0. The zero-order valence-corrected chi connectivity index (χ0v) is 17.4. The minimum atomic E-state index is -0.343. The topological polar surface area (TPSA) is 35.5 Å². The van der Waals surface area contributed by atoms with Crippen LogP contribution in [-0.2, 0) is 6.42 Å². The maximum Gasteiger partial charge on any atom is 0.343 e. The van der Waals surface area contributed by atoms with E-state index in [2.05, 4.69) is 13.8 Å². The average Bonchev–Trinajstić information content (AvgIpc) is 2.72. The van der Waals surface area contributed by atoms with Crippen molar-refractivity contribution in [3.05, 3.63) is 59.7 Å². The summed E-state index contributed by atoms with van der Waals surface area (Å²) in [5.74, 6) is 1.03. The molecule has 2 rings (SSSR count). The molecule has 2 aromatic carbocycles. The van der Waals surface area contributed by atoms with E-state index in [4.69, 9.17) is 9.47 Å². The standard InChI is InChI=1S/C25H34O3/c1-3-5-7-8-10-20-27-23-18-14-22(15-19-23)25(26)28-24-16-12-21(13-17-24)11-9-6-4-2/h12-19H,3-11,20H2,1-2H3. The summed E-state index contributed by atoms with van der Waals surface area (Å²) in [7, 11) is 0. The maximum atomic E-state index is 12.3. The van der Waals surface area contributed by atoms with Gasteiger partial charge in [0.1, 0.15) is 11.5 Å². The van der Waals surface area contributed by atoms with Crippen molar-refractivity contribution in [3.8, 4) is 11.5 Å². The van der Waals surface area contributed by atoms with Gasteiger partial charge in [-0.15, -0.1) is 0 Å². The van der Waals surface area contributed by atoms with Gasteiger partial charge < -0.3 is 9.47 Å². The van der Waals surface area contributed by atoms with E-state index in [1.54, 1.807) is 12.1 Å². The molecule has 0 saturated heterocycles. The Balaban J connectivity index is 1.76. The fourth-order valence-electron chi connectivity index (χ4n) is 3.05. The lowest BCUT2D eigenvalue weighted by Gasteiger charge is -2.08. The number of esters is 1. The molecule has 0 saturated carbocycles. The average molecular weight is 383 g/mol. The summed E-state index contributed by atoms with van der Waals surface area (Å²) < 4.78 is 11.2. The number of rotatable bonds is 13. The van der Waals surface area contributed by atoms with Gasteiger partial charge in [-0.1, -0.05) is 64.5 Å². The van der Waals surface area contributed by atoms with Crippen LogP contribution in [0.5, 0.6) is 11.5 Å². The Bertz CT molecular complexity index is 674. The van der Waals surface area contributed by atoms with E-state index in [9.17, 15) is 4.79 Å². The molecular formula is C25H34O3. The first-order chi connectivity index (χ1) is 13.7. The molecule has 0 atom stereocenters. The van der Waals surface area contributed by atoms with Gasteiger partial charge in [-0.3, -0.25) is 0 Å². The Hall–Kier alpha value is -2.29. The second-order valence-corrected chi connectivity index (χ2v) is 7.28. The van der Waals surface area contributed by atoms with Crippen LogP contribution in [0.15, 0.2) is 48.5 Å². The third kappa shape index (κ3) is 8.16. The number of ether oxygens (including phenoxy) is 2. The summed E-state index contributed by atoms with van der Waals surface area (Å²) >= 11 is 0. The maximum absolute atomic E-state index is 12.3. The molecule has 0 aliphatic carbocycles. The zero-order chi connectivity index (χ0) is 20.0. The SMILES string of the molecule is CCCCCCCOc1ccc(C(=O)Oc2ccc(CCCCC)cc2)cc1. The summed E-state index contributed by atoms with van der Waals surface area (Å²) in [5, 5.41) is 0. The number of hydrogen-bond donors (Lipinski definition) is 0. The van der Waals surface area contributed by atoms with Crippen molar-refractivity contribution in [1.82, 2.24) is 0 Å². The molecule has 0 amide bonds. The monoisotopic (exact) mass is 382 g/mol. The van der Waals surface area contributed by atoms with Crippen LogP contribution in [0.1, 0.15) is 81.1 Å². The Kier molecular flexibility index (Phi) is 10.2. The fraction of sp³-hybridized carbons (Fsp3) is 0.480. The lowest BCUT2D eigenvalue weighted by Crippen LogP contribution is -2.08. The highest BCUT2D eigenvalue weighted by Gasteiger charge is 2.09. The number of hydrogen-bond acceptors (Lipinski definition) is 3. The Morgan fingerprint density at radius 2 is 1.32 bits per heavy atom. The number of aryl methyl sites for hydroxylation is 1. The molecule has 0 bridgehead atoms. The molecule has 0 aliphatic rings. The second-order valence-electron chi connectivity index (χ2n) is 7.28. The van der Waals surface area contributed by atoms with Crippen molar-refractivity contribution < 1.29 is 14.3 Å². The van der Waals surface area contributed by atoms with Gasteiger partial charge in [0.05, 0.1) is 12.2 Å². The smallest absolute Gasteiger partial charge is 0.343 e. The summed E-state index contributed by atoms with van der Waals surface area (Å²) in [6.07, 6.45) is 10.8. The molecule has 3 nitrogen and oxygen atoms in total. The van der Waals surface area contributed by atoms with Crippen LogP contribution in [0.3, 0.4) is 0 Å². The quantitative estimate of drug-likeness (QED) is 0.213. The van der Waals surface area contributed by atoms with Crippen molar-refractivity contribution in [1.29, 1.82) is 0 Å². The minimum absolute atomic E-state index is 0.343. The number of carbonyl (C=O) groups excluding carboxylic acids is 1. The predicted octanol–water partition coefficient (Wildman–Crippen LogP) is 6.99. The molecule has 3 heteroatoms. The molecule has 0 fully saturated rings. The Morgan fingerprint density at radius 1 is 0.714 bits per heavy atom. The van der Waals surface area contributed by atoms with Gasteiger partial charge in [-0.05, 0) is 61.2 Å². The van der Waals surface area contributed by atoms with Crippen LogP contribution in [0.25, 0.3) is 0 Å². The highest BCUT2D eigenvalue weighted by Crippen LogP contribution is 2.18. The van der Waals surface area contributed by atoms with Crippen LogP contribution >= 0.6 is 0 Å². The molecule has 2 aromatic rings. The lowest BCUT2D eigenvalue weighted by molar-refractivity contribution is 0.0734. The molecule has 0 aliphatic heterocycles. The van der Waals surface area contributed by atoms with Gasteiger partial charge in [-0.2, -0.15) is 0 Å². The zero-order valence-electron chi connectivity index (χ0n) is 17.4. The van der Waals surface area contributed by atoms with Gasteiger partial charge in [0, 0.05) is 0 Å². The van der Waals surface area contributed by atoms with E-state index >= 15 is 0 Å². The number of benzene rings is 2. The van der Waals surface area contributed by atoms with E-state index in [1.807, 2.05) is 36.4 Å². The molecular weight excluding hydrogens is 348 g/mol. The largest absolute Gasteiger partial charge is 0.494 e. The van der Waals surface area contributed by atoms with Crippen molar-refractivity contribution in [2.45, 2.75) is 71.6 Å². The van der Waals surface area contributed by atoms with Crippen molar-refractivity contribution in [2.75, 3.05) is 6.61 Å². The molecule has 0 spiro atoms. The van der Waals surface area contributed by atoms with Crippen LogP contribution in [0, 0.1) is 0 Å². The minimum Gasteiger partial charge on any atom is -0.494 e. The second kappa shape index (κ2) is 13.0. The predicted molar refractivity (Wildman–Crippen MR) is 115 cm³/mol. The van der Waals surface area contributed by atoms with E-state index < -0.39 is 0 Å². The van der Waals surface area contributed by atoms with Crippen molar-refractivity contribution in [3.63, 3.8) is 0 Å². The number of unbranched alkanes of at least 4 members (excludes halogenated alkanes) is 6. The molecule has 152 valence electrons. The molecule has 0 unspecified atom stereocenters. The number of carbonyl (C=O) groups is 1. The lowest BCUT2D eigenvalue weighted by atomic mass is 10.1. The normalized spacial score (nSPS) is 10.6. The molecule has 0 heterocycles. The van der Waals surface area contributed by atoms with Gasteiger partial charge in [0.15, 0.2) is 0 Å². The Morgan fingerprint density at radius 3 is 2.00 bits per heavy atom. The summed E-state index contributed by atoms with van der Waals surface area (Å²) in [5.41, 5.74) is 1.81. The summed E-state index contributed by atoms with van der Waals surface area (Å²) in [4.78, 5) is 12.3. The van der Waals surface area contributed by atoms with Gasteiger partial charge in [0.2, 0.25) is 0 Å². The van der Waals surface area contributed by atoms with Crippen molar-refractivity contribution >= 4 is 5.97 Å². The van der Waals surface area contributed by atoms with E-state index in [1.165, 1.54) is 50.5 Å². The third-order valence-corrected chi connectivity index (χ3v) is 4.81. The van der Waals surface area contributed by atoms with Crippen LogP contribution in [-0.4, -0.2) is 12.6 Å². The third-order valence-electron chi connectivity index (χ3n) is 4.81. The molecule has 0 radical (unpaired) electrons. The highest BCUT2D eigenvalue weighted by atomic mass is 16.5. The summed E-state index contributed by atoms with van der Waals surface area (Å²) in [6.45, 7) is 5.14. The van der Waals surface area contributed by atoms with E-state index in [0.717, 1.165) is 25.2 Å². The van der Waals surface area contributed by atoms with E-state index in [0.29, 0.717) is 11.3 Å².